The van der Waals surface area contributed by atoms with Crippen LogP contribution < -0.4 is 0 Å². The largest absolute Gasteiger partial charge is 0.120 e. The summed E-state index contributed by atoms with van der Waals surface area (Å²) in [6.07, 6.45) is 6.38. The molecule has 62 valence electrons. The van der Waals surface area contributed by atoms with Gasteiger partial charge in [-0.25, -0.2) is 0 Å². The van der Waals surface area contributed by atoms with Gasteiger partial charge < -0.3 is 0 Å². The normalized spacial score (nSPS) is 25.0. The van der Waals surface area contributed by atoms with E-state index in [4.69, 9.17) is 11.6 Å². The minimum Gasteiger partial charge on any atom is -0.120 e. The van der Waals surface area contributed by atoms with Gasteiger partial charge in [0.2, 0.25) is 0 Å². The molecule has 0 aromatic heterocycles. The minimum atomic E-state index is -0.0682. The third-order valence-corrected chi connectivity index (χ3v) is 2.69. The fourth-order valence-electron chi connectivity index (χ4n) is 1.43. The quantitative estimate of drug-likeness (QED) is 0.557. The van der Waals surface area contributed by atoms with Crippen molar-refractivity contribution < 1.29 is 0 Å². The van der Waals surface area contributed by atoms with Crippen molar-refractivity contribution in [3.05, 3.63) is 24.3 Å². The molecule has 1 unspecified atom stereocenters. The Morgan fingerprint density at radius 3 is 2.64 bits per heavy atom. The molecule has 0 aromatic carbocycles. The van der Waals surface area contributed by atoms with Crippen molar-refractivity contribution in [2.24, 2.45) is 5.92 Å². The zero-order valence-corrected chi connectivity index (χ0v) is 7.99. The van der Waals surface area contributed by atoms with E-state index in [-0.39, 0.29) is 4.87 Å². The third kappa shape index (κ3) is 2.10. The summed E-state index contributed by atoms with van der Waals surface area (Å²) in [5, 5.41) is 0. The van der Waals surface area contributed by atoms with Crippen LogP contribution in [0.1, 0.15) is 26.7 Å². The number of alkyl halides is 1. The first kappa shape index (κ1) is 8.86. The van der Waals surface area contributed by atoms with Crippen LogP contribution in [-0.4, -0.2) is 4.87 Å². The van der Waals surface area contributed by atoms with E-state index in [0.29, 0.717) is 5.92 Å². The Balaban J connectivity index is 2.54. The first-order chi connectivity index (χ1) is 5.04. The standard InChI is InChI=1S/C10H15Cl/c1-4-8-5-6-9(7-8)10(2,3)11/h4-5,9H,1,6-7H2,2-3H3. The van der Waals surface area contributed by atoms with Gasteiger partial charge in [-0.05, 0) is 32.6 Å². The van der Waals surface area contributed by atoms with Crippen LogP contribution in [0.2, 0.25) is 0 Å². The van der Waals surface area contributed by atoms with Gasteiger partial charge >= 0.3 is 0 Å². The lowest BCUT2D eigenvalue weighted by Gasteiger charge is -2.23. The zero-order valence-electron chi connectivity index (χ0n) is 7.23. The molecule has 0 spiro atoms. The maximum absolute atomic E-state index is 6.19. The van der Waals surface area contributed by atoms with E-state index in [2.05, 4.69) is 26.5 Å². The molecule has 0 amide bonds. The van der Waals surface area contributed by atoms with Crippen molar-refractivity contribution >= 4 is 11.6 Å². The summed E-state index contributed by atoms with van der Waals surface area (Å²) in [6, 6.07) is 0. The average molecular weight is 171 g/mol. The molecule has 0 fully saturated rings. The summed E-state index contributed by atoms with van der Waals surface area (Å²) in [5.41, 5.74) is 1.35. The first-order valence-electron chi connectivity index (χ1n) is 4.04. The number of hydrogen-bond acceptors (Lipinski definition) is 0. The molecule has 1 aliphatic carbocycles. The second kappa shape index (κ2) is 3.02. The van der Waals surface area contributed by atoms with Crippen LogP contribution in [0.4, 0.5) is 0 Å². The van der Waals surface area contributed by atoms with Crippen molar-refractivity contribution in [1.82, 2.24) is 0 Å². The molecule has 0 aliphatic heterocycles. The lowest BCUT2D eigenvalue weighted by Crippen LogP contribution is -2.22. The van der Waals surface area contributed by atoms with Gasteiger partial charge in [-0.2, -0.15) is 0 Å². The molecule has 0 N–H and O–H groups in total. The molecule has 1 heteroatoms. The summed E-state index contributed by atoms with van der Waals surface area (Å²) in [6.45, 7) is 7.91. The van der Waals surface area contributed by atoms with Crippen molar-refractivity contribution in [3.8, 4) is 0 Å². The maximum Gasteiger partial charge on any atom is 0.0424 e. The third-order valence-electron chi connectivity index (χ3n) is 2.38. The lowest BCUT2D eigenvalue weighted by molar-refractivity contribution is 0.439. The van der Waals surface area contributed by atoms with E-state index >= 15 is 0 Å². The van der Waals surface area contributed by atoms with Gasteiger partial charge in [-0.3, -0.25) is 0 Å². The molecule has 11 heavy (non-hydrogen) atoms. The predicted octanol–water partition coefficient (Wildman–Crippen LogP) is 3.53. The summed E-state index contributed by atoms with van der Waals surface area (Å²) in [4.78, 5) is -0.0682. The minimum absolute atomic E-state index is 0.0682. The molecule has 0 nitrogen and oxygen atoms in total. The highest BCUT2D eigenvalue weighted by molar-refractivity contribution is 6.23. The maximum atomic E-state index is 6.19. The van der Waals surface area contributed by atoms with Gasteiger partial charge in [0, 0.05) is 4.87 Å². The smallest absolute Gasteiger partial charge is 0.0424 e. The van der Waals surface area contributed by atoms with E-state index < -0.39 is 0 Å². The highest BCUT2D eigenvalue weighted by Crippen LogP contribution is 2.37. The van der Waals surface area contributed by atoms with Gasteiger partial charge in [-0.15, -0.1) is 11.6 Å². The second-order valence-corrected chi connectivity index (χ2v) is 4.66. The van der Waals surface area contributed by atoms with E-state index in [1.807, 2.05) is 6.08 Å². The lowest BCUT2D eigenvalue weighted by atomic mass is 9.92. The summed E-state index contributed by atoms with van der Waals surface area (Å²) in [5.74, 6) is 0.595. The van der Waals surface area contributed by atoms with E-state index in [9.17, 15) is 0 Å². The molecule has 0 radical (unpaired) electrons. The Morgan fingerprint density at radius 1 is 1.73 bits per heavy atom. The van der Waals surface area contributed by atoms with Crippen LogP contribution in [0.3, 0.4) is 0 Å². The molecule has 0 aromatic rings. The molecule has 0 saturated heterocycles. The Kier molecular flexibility index (Phi) is 2.43. The van der Waals surface area contributed by atoms with Crippen LogP contribution in [-0.2, 0) is 0 Å². The summed E-state index contributed by atoms with van der Waals surface area (Å²) < 4.78 is 0. The van der Waals surface area contributed by atoms with Crippen LogP contribution in [0.5, 0.6) is 0 Å². The van der Waals surface area contributed by atoms with E-state index in [0.717, 1.165) is 12.8 Å². The van der Waals surface area contributed by atoms with Gasteiger partial charge in [0.15, 0.2) is 0 Å². The number of allylic oxidation sites excluding steroid dienone is 3. The van der Waals surface area contributed by atoms with Crippen molar-refractivity contribution in [1.29, 1.82) is 0 Å². The van der Waals surface area contributed by atoms with E-state index in [1.165, 1.54) is 5.57 Å². The van der Waals surface area contributed by atoms with Crippen molar-refractivity contribution in [3.63, 3.8) is 0 Å². The van der Waals surface area contributed by atoms with Crippen LogP contribution in [0.25, 0.3) is 0 Å². The van der Waals surface area contributed by atoms with Crippen LogP contribution in [0, 0.1) is 5.92 Å². The SMILES string of the molecule is C=CC1=CCC(C(C)(C)Cl)C1. The molecule has 0 saturated carbocycles. The average Bonchev–Trinajstić information content (AvgIpc) is 2.32. The molecule has 0 heterocycles. The fraction of sp³-hybridized carbons (Fsp3) is 0.600. The van der Waals surface area contributed by atoms with Gasteiger partial charge in [-0.1, -0.05) is 24.3 Å². The highest BCUT2D eigenvalue weighted by Gasteiger charge is 2.29. The Hall–Kier alpha value is -0.230. The molecule has 1 rings (SSSR count). The Labute approximate surface area is 73.9 Å². The van der Waals surface area contributed by atoms with Crippen molar-refractivity contribution in [2.45, 2.75) is 31.6 Å². The van der Waals surface area contributed by atoms with Gasteiger partial charge in [0.25, 0.3) is 0 Å². The number of halogens is 1. The molecule has 1 atom stereocenters. The Bertz CT molecular complexity index is 184. The van der Waals surface area contributed by atoms with Gasteiger partial charge in [0.05, 0.1) is 0 Å². The molecular weight excluding hydrogens is 156 g/mol. The monoisotopic (exact) mass is 170 g/mol. The molecule has 1 aliphatic rings. The topological polar surface area (TPSA) is 0 Å². The zero-order chi connectivity index (χ0) is 8.48. The second-order valence-electron chi connectivity index (χ2n) is 3.68. The van der Waals surface area contributed by atoms with E-state index in [1.54, 1.807) is 0 Å². The number of rotatable bonds is 2. The number of hydrogen-bond donors (Lipinski definition) is 0. The van der Waals surface area contributed by atoms with Gasteiger partial charge in [0.1, 0.15) is 0 Å². The highest BCUT2D eigenvalue weighted by atomic mass is 35.5. The summed E-state index contributed by atoms with van der Waals surface area (Å²) >= 11 is 6.19. The van der Waals surface area contributed by atoms with Crippen LogP contribution >= 0.6 is 11.6 Å². The summed E-state index contributed by atoms with van der Waals surface area (Å²) in [7, 11) is 0. The van der Waals surface area contributed by atoms with Crippen LogP contribution in [0.15, 0.2) is 24.3 Å². The molecular formula is C10H15Cl. The molecule has 0 bridgehead atoms. The Morgan fingerprint density at radius 2 is 2.36 bits per heavy atom. The predicted molar refractivity (Wildman–Crippen MR) is 50.9 cm³/mol. The first-order valence-corrected chi connectivity index (χ1v) is 4.42. The van der Waals surface area contributed by atoms with Crippen molar-refractivity contribution in [2.75, 3.05) is 0 Å². The fourth-order valence-corrected chi connectivity index (χ4v) is 1.60.